The molecule has 0 aliphatic rings. The number of hydrogen-bond donors (Lipinski definition) is 1. The summed E-state index contributed by atoms with van der Waals surface area (Å²) in [5, 5.41) is 15.2. The Kier molecular flexibility index (Phi) is 5.18. The number of halogens is 4. The van der Waals surface area contributed by atoms with Crippen LogP contribution in [0.15, 0.2) is 72.9 Å². The highest BCUT2D eigenvalue weighted by Crippen LogP contribution is 2.40. The first-order chi connectivity index (χ1) is 14.7. The Morgan fingerprint density at radius 1 is 1.00 bits per heavy atom. The molecule has 0 aliphatic carbocycles. The van der Waals surface area contributed by atoms with Crippen molar-refractivity contribution >= 4 is 10.9 Å². The summed E-state index contributed by atoms with van der Waals surface area (Å²) >= 11 is 0. The van der Waals surface area contributed by atoms with E-state index in [4.69, 9.17) is 4.74 Å². The SMILES string of the molecule is Cc1ccccc1OCC(O)(c1ccc2c(cnn2-c2ccc(F)cc2)c1)C(F)(F)F. The predicted molar refractivity (Wildman–Crippen MR) is 108 cm³/mol. The molecule has 0 bridgehead atoms. The molecule has 1 unspecified atom stereocenters. The Balaban J connectivity index is 1.71. The van der Waals surface area contributed by atoms with Crippen LogP contribution in [-0.4, -0.2) is 27.7 Å². The van der Waals surface area contributed by atoms with Crippen molar-refractivity contribution < 1.29 is 27.4 Å². The first-order valence-electron chi connectivity index (χ1n) is 9.41. The zero-order chi connectivity index (χ0) is 22.2. The Morgan fingerprint density at radius 3 is 2.39 bits per heavy atom. The summed E-state index contributed by atoms with van der Waals surface area (Å²) in [6, 6.07) is 16.1. The number of alkyl halides is 3. The molecule has 0 radical (unpaired) electrons. The van der Waals surface area contributed by atoms with Crippen LogP contribution >= 0.6 is 0 Å². The van der Waals surface area contributed by atoms with Gasteiger partial charge in [-0.2, -0.15) is 18.3 Å². The largest absolute Gasteiger partial charge is 0.490 e. The molecule has 160 valence electrons. The quantitative estimate of drug-likeness (QED) is 0.437. The van der Waals surface area contributed by atoms with Gasteiger partial charge >= 0.3 is 6.18 Å². The Labute approximate surface area is 175 Å². The molecule has 4 aromatic rings. The van der Waals surface area contributed by atoms with Crippen molar-refractivity contribution in [2.75, 3.05) is 6.61 Å². The van der Waals surface area contributed by atoms with Crippen LogP contribution in [0, 0.1) is 12.7 Å². The molecule has 0 fully saturated rings. The molecule has 0 aliphatic heterocycles. The zero-order valence-electron chi connectivity index (χ0n) is 16.4. The average Bonchev–Trinajstić information content (AvgIpc) is 3.16. The fourth-order valence-electron chi connectivity index (χ4n) is 3.31. The Hall–Kier alpha value is -3.39. The molecular weight excluding hydrogens is 412 g/mol. The fraction of sp³-hybridized carbons (Fsp3) is 0.174. The van der Waals surface area contributed by atoms with Crippen molar-refractivity contribution in [2.45, 2.75) is 18.7 Å². The van der Waals surface area contributed by atoms with Crippen LogP contribution in [0.4, 0.5) is 17.6 Å². The van der Waals surface area contributed by atoms with E-state index in [0.29, 0.717) is 22.2 Å². The van der Waals surface area contributed by atoms with Gasteiger partial charge in [-0.25, -0.2) is 9.07 Å². The molecule has 8 heteroatoms. The van der Waals surface area contributed by atoms with Crippen LogP contribution in [0.5, 0.6) is 5.75 Å². The molecule has 4 rings (SSSR count). The van der Waals surface area contributed by atoms with Crippen LogP contribution < -0.4 is 4.74 Å². The summed E-state index contributed by atoms with van der Waals surface area (Å²) in [5.41, 5.74) is -1.86. The van der Waals surface area contributed by atoms with Gasteiger partial charge in [0.25, 0.3) is 0 Å². The van der Waals surface area contributed by atoms with Crippen molar-refractivity contribution in [1.29, 1.82) is 0 Å². The number of benzene rings is 3. The first-order valence-corrected chi connectivity index (χ1v) is 9.41. The number of hydrogen-bond acceptors (Lipinski definition) is 3. The van der Waals surface area contributed by atoms with E-state index in [-0.39, 0.29) is 11.3 Å². The van der Waals surface area contributed by atoms with Crippen LogP contribution in [0.1, 0.15) is 11.1 Å². The summed E-state index contributed by atoms with van der Waals surface area (Å²) < 4.78 is 61.8. The van der Waals surface area contributed by atoms with Gasteiger partial charge in [0.2, 0.25) is 5.60 Å². The lowest BCUT2D eigenvalue weighted by molar-refractivity contribution is -0.275. The normalized spacial score (nSPS) is 13.9. The molecule has 1 atom stereocenters. The second-order valence-electron chi connectivity index (χ2n) is 7.22. The standard InChI is InChI=1S/C23H18F4N2O2/c1-15-4-2-3-5-21(15)31-14-22(30,23(25,26)27)17-6-11-20-16(12-17)13-28-29(20)19-9-7-18(24)8-10-19/h2-13,30H,14H2,1H3. The van der Waals surface area contributed by atoms with Gasteiger partial charge in [-0.15, -0.1) is 0 Å². The molecule has 31 heavy (non-hydrogen) atoms. The molecule has 0 amide bonds. The second kappa shape index (κ2) is 7.70. The van der Waals surface area contributed by atoms with Crippen LogP contribution in [-0.2, 0) is 5.60 Å². The first kappa shape index (κ1) is 20.9. The maximum absolute atomic E-state index is 13.9. The molecule has 1 heterocycles. The lowest BCUT2D eigenvalue weighted by Gasteiger charge is -2.31. The third-order valence-electron chi connectivity index (χ3n) is 5.12. The minimum atomic E-state index is -4.98. The zero-order valence-corrected chi connectivity index (χ0v) is 16.4. The summed E-state index contributed by atoms with van der Waals surface area (Å²) in [5.74, 6) is -0.151. The van der Waals surface area contributed by atoms with Crippen LogP contribution in [0.3, 0.4) is 0 Å². The van der Waals surface area contributed by atoms with Gasteiger partial charge in [0.05, 0.1) is 17.4 Å². The highest BCUT2D eigenvalue weighted by molar-refractivity contribution is 5.81. The van der Waals surface area contributed by atoms with E-state index >= 15 is 0 Å². The summed E-state index contributed by atoms with van der Waals surface area (Å²) in [6.45, 7) is 0.705. The highest BCUT2D eigenvalue weighted by Gasteiger charge is 2.56. The number of aryl methyl sites for hydroxylation is 1. The number of para-hydroxylation sites is 1. The van der Waals surface area contributed by atoms with Gasteiger partial charge in [0.1, 0.15) is 18.2 Å². The van der Waals surface area contributed by atoms with Crippen molar-refractivity contribution in [2.24, 2.45) is 0 Å². The minimum absolute atomic E-state index is 0.260. The third-order valence-corrected chi connectivity index (χ3v) is 5.12. The number of aliphatic hydroxyl groups is 1. The molecule has 0 saturated heterocycles. The number of rotatable bonds is 5. The smallest absolute Gasteiger partial charge is 0.424 e. The van der Waals surface area contributed by atoms with Crippen molar-refractivity contribution in [3.63, 3.8) is 0 Å². The summed E-state index contributed by atoms with van der Waals surface area (Å²) in [4.78, 5) is 0. The second-order valence-corrected chi connectivity index (χ2v) is 7.22. The number of ether oxygens (including phenoxy) is 1. The topological polar surface area (TPSA) is 47.3 Å². The van der Waals surface area contributed by atoms with E-state index in [1.807, 2.05) is 0 Å². The maximum Gasteiger partial charge on any atom is 0.424 e. The number of nitrogens with zero attached hydrogens (tertiary/aromatic N) is 2. The lowest BCUT2D eigenvalue weighted by atomic mass is 9.93. The Bertz CT molecular complexity index is 1220. The molecule has 4 nitrogen and oxygen atoms in total. The van der Waals surface area contributed by atoms with E-state index in [9.17, 15) is 22.7 Å². The van der Waals surface area contributed by atoms with E-state index in [2.05, 4.69) is 5.10 Å². The molecular formula is C23H18F4N2O2. The van der Waals surface area contributed by atoms with Gasteiger partial charge in [0, 0.05) is 5.39 Å². The van der Waals surface area contributed by atoms with Gasteiger partial charge in [-0.05, 0) is 60.5 Å². The van der Waals surface area contributed by atoms with Gasteiger partial charge in [-0.1, -0.05) is 24.3 Å². The van der Waals surface area contributed by atoms with Gasteiger partial charge in [0.15, 0.2) is 0 Å². The van der Waals surface area contributed by atoms with Crippen molar-refractivity contribution in [1.82, 2.24) is 9.78 Å². The molecule has 1 N–H and O–H groups in total. The lowest BCUT2D eigenvalue weighted by Crippen LogP contribution is -2.47. The summed E-state index contributed by atoms with van der Waals surface area (Å²) in [6.07, 6.45) is -3.59. The maximum atomic E-state index is 13.9. The highest BCUT2D eigenvalue weighted by atomic mass is 19.4. The average molecular weight is 430 g/mol. The minimum Gasteiger partial charge on any atom is -0.490 e. The van der Waals surface area contributed by atoms with E-state index in [1.54, 1.807) is 31.2 Å². The third kappa shape index (κ3) is 3.86. The van der Waals surface area contributed by atoms with Crippen LogP contribution in [0.2, 0.25) is 0 Å². The molecule has 0 spiro atoms. The summed E-state index contributed by atoms with van der Waals surface area (Å²) in [7, 11) is 0. The molecule has 0 saturated carbocycles. The van der Waals surface area contributed by atoms with E-state index in [1.165, 1.54) is 53.3 Å². The fourth-order valence-corrected chi connectivity index (χ4v) is 3.31. The van der Waals surface area contributed by atoms with E-state index < -0.39 is 24.2 Å². The van der Waals surface area contributed by atoms with Gasteiger partial charge < -0.3 is 9.84 Å². The predicted octanol–water partition coefficient (Wildman–Crippen LogP) is 5.30. The van der Waals surface area contributed by atoms with Gasteiger partial charge in [-0.3, -0.25) is 0 Å². The Morgan fingerprint density at radius 2 is 1.71 bits per heavy atom. The molecule has 3 aromatic carbocycles. The monoisotopic (exact) mass is 430 g/mol. The van der Waals surface area contributed by atoms with Crippen molar-refractivity contribution in [3.05, 3.63) is 89.9 Å². The number of fused-ring (bicyclic) bond motifs is 1. The number of aromatic nitrogens is 2. The molecule has 1 aromatic heterocycles. The van der Waals surface area contributed by atoms with Crippen molar-refractivity contribution in [3.8, 4) is 11.4 Å². The van der Waals surface area contributed by atoms with Crippen LogP contribution in [0.25, 0.3) is 16.6 Å². The van der Waals surface area contributed by atoms with E-state index in [0.717, 1.165) is 0 Å².